The Balaban J connectivity index is 1.70. The summed E-state index contributed by atoms with van der Waals surface area (Å²) in [4.78, 5) is 43.3. The molecule has 0 saturated carbocycles. The average molecular weight is 622 g/mol. The van der Waals surface area contributed by atoms with Gasteiger partial charge in [-0.05, 0) is 57.7 Å². The zero-order valence-electron chi connectivity index (χ0n) is 27.2. The summed E-state index contributed by atoms with van der Waals surface area (Å²) < 4.78 is 30.6. The molecule has 2 fully saturated rings. The van der Waals surface area contributed by atoms with Crippen LogP contribution in [0.2, 0.25) is 0 Å². The summed E-state index contributed by atoms with van der Waals surface area (Å²) in [5, 5.41) is 11.4. The van der Waals surface area contributed by atoms with Crippen LogP contribution in [0.3, 0.4) is 0 Å². The fraction of sp³-hybridized carbons (Fsp3) is 0.727. The van der Waals surface area contributed by atoms with Gasteiger partial charge in [-0.25, -0.2) is 14.0 Å². The molecule has 10 nitrogen and oxygen atoms in total. The third-order valence-electron chi connectivity index (χ3n) is 8.69. The number of cyclic esters (lactones) is 1. The molecule has 248 valence electrons. The lowest BCUT2D eigenvalue weighted by Crippen LogP contribution is -2.50. The average Bonchev–Trinajstić information content (AvgIpc) is 3.41. The number of carbonyl (C=O) groups is 3. The van der Waals surface area contributed by atoms with Crippen molar-refractivity contribution in [2.75, 3.05) is 52.9 Å². The van der Waals surface area contributed by atoms with Gasteiger partial charge in [-0.15, -0.1) is 0 Å². The molecule has 0 unspecified atom stereocenters. The van der Waals surface area contributed by atoms with E-state index in [9.17, 15) is 23.9 Å². The van der Waals surface area contributed by atoms with Crippen molar-refractivity contribution in [3.8, 4) is 0 Å². The van der Waals surface area contributed by atoms with Crippen molar-refractivity contribution in [3.63, 3.8) is 0 Å². The van der Waals surface area contributed by atoms with Crippen LogP contribution < -0.4 is 0 Å². The molecule has 0 spiro atoms. The minimum absolute atomic E-state index is 0.0357. The van der Waals surface area contributed by atoms with Crippen molar-refractivity contribution in [3.05, 3.63) is 36.0 Å². The highest BCUT2D eigenvalue weighted by Gasteiger charge is 2.36. The molecule has 0 bridgehead atoms. The summed E-state index contributed by atoms with van der Waals surface area (Å²) in [6.45, 7) is 12.6. The van der Waals surface area contributed by atoms with E-state index in [-0.39, 0.29) is 43.3 Å². The Bertz CT molecular complexity index is 1070. The number of rotatable bonds is 6. The zero-order valence-corrected chi connectivity index (χ0v) is 27.2. The lowest BCUT2D eigenvalue weighted by atomic mass is 9.87. The number of allylic oxidation sites excluding steroid dienone is 2. The van der Waals surface area contributed by atoms with E-state index in [1.54, 1.807) is 17.9 Å². The second-order valence-corrected chi connectivity index (χ2v) is 13.1. The standard InChI is InChI=1S/C33H52FN3O7/c1-23-12-14-33(5,41)28(43-32(40)36-18-16-35(6)17-19-36)11-10-26(4)30(44-29(38)20-23)25(3)9-7-8-24(2)22-42-31(39)37-15-13-27(34)21-37/h7-11,23-24,26-28,30,41H,12-22H2,1-6H3/b8-7+,11-10+,25-9+/t23-,24-,26+,27+,28+,30-,33-/m1/s1. The molecule has 11 heteroatoms. The Kier molecular flexibility index (Phi) is 13.3. The topological polar surface area (TPSA) is 109 Å². The SMILES string of the molecule is C/C(=C\C=C\[C@@H](C)COC(=O)N1CC[C@H](F)C1)[C@H]1OC(=O)C[C@H](C)CC[C@@](C)(O)[C@@H](OC(=O)N2CCN(C)CC2)/C=C/[C@@H]1C. The minimum Gasteiger partial charge on any atom is -0.457 e. The highest BCUT2D eigenvalue weighted by atomic mass is 19.1. The molecule has 2 amide bonds. The molecule has 3 aliphatic rings. The van der Waals surface area contributed by atoms with Crippen molar-refractivity contribution in [1.82, 2.24) is 14.7 Å². The summed E-state index contributed by atoms with van der Waals surface area (Å²) in [5.74, 6) is -0.708. The number of esters is 1. The molecule has 0 aromatic carbocycles. The van der Waals surface area contributed by atoms with E-state index in [2.05, 4.69) is 4.90 Å². The first-order valence-electron chi connectivity index (χ1n) is 15.9. The fourth-order valence-electron chi connectivity index (χ4n) is 5.52. The molecule has 1 N–H and O–H groups in total. The molecule has 7 atom stereocenters. The number of ether oxygens (including phenoxy) is 3. The largest absolute Gasteiger partial charge is 0.457 e. The molecular formula is C33H52FN3O7. The second kappa shape index (κ2) is 16.4. The van der Waals surface area contributed by atoms with E-state index in [0.717, 1.165) is 18.7 Å². The van der Waals surface area contributed by atoms with Gasteiger partial charge in [0, 0.05) is 51.0 Å². The van der Waals surface area contributed by atoms with E-state index in [0.29, 0.717) is 38.9 Å². The monoisotopic (exact) mass is 621 g/mol. The van der Waals surface area contributed by atoms with Crippen LogP contribution in [0.1, 0.15) is 60.3 Å². The van der Waals surface area contributed by atoms with Gasteiger partial charge in [-0.2, -0.15) is 0 Å². The van der Waals surface area contributed by atoms with E-state index < -0.39 is 36.2 Å². The number of likely N-dealkylation sites (N-methyl/N-ethyl adjacent to an activating group) is 1. The lowest BCUT2D eigenvalue weighted by Gasteiger charge is -2.36. The Morgan fingerprint density at radius 1 is 1.14 bits per heavy atom. The van der Waals surface area contributed by atoms with Gasteiger partial charge < -0.3 is 34.0 Å². The van der Waals surface area contributed by atoms with Crippen LogP contribution in [0.4, 0.5) is 14.0 Å². The predicted molar refractivity (Wildman–Crippen MR) is 166 cm³/mol. The number of hydrogen-bond acceptors (Lipinski definition) is 8. The first kappa shape index (κ1) is 35.6. The molecule has 3 rings (SSSR count). The number of amides is 2. The first-order valence-corrected chi connectivity index (χ1v) is 15.9. The Hall–Kier alpha value is -2.92. The van der Waals surface area contributed by atoms with Crippen molar-refractivity contribution >= 4 is 18.2 Å². The molecule has 0 aromatic rings. The third kappa shape index (κ3) is 10.9. The molecular weight excluding hydrogens is 569 g/mol. The Morgan fingerprint density at radius 2 is 1.84 bits per heavy atom. The number of halogens is 1. The van der Waals surface area contributed by atoms with Gasteiger partial charge in [0.25, 0.3) is 0 Å². The van der Waals surface area contributed by atoms with E-state index in [1.807, 2.05) is 59.0 Å². The number of hydrogen-bond donors (Lipinski definition) is 1. The smallest absolute Gasteiger partial charge is 0.410 e. The minimum atomic E-state index is -1.32. The predicted octanol–water partition coefficient (Wildman–Crippen LogP) is 4.73. The molecule has 0 aliphatic carbocycles. The summed E-state index contributed by atoms with van der Waals surface area (Å²) >= 11 is 0. The normalized spacial score (nSPS) is 32.9. The van der Waals surface area contributed by atoms with Gasteiger partial charge in [0.1, 0.15) is 17.9 Å². The van der Waals surface area contributed by atoms with Crippen LogP contribution in [0.25, 0.3) is 0 Å². The summed E-state index contributed by atoms with van der Waals surface area (Å²) in [5.41, 5.74) is -0.509. The maximum Gasteiger partial charge on any atom is 0.410 e. The molecule has 3 heterocycles. The van der Waals surface area contributed by atoms with Crippen LogP contribution in [-0.2, 0) is 19.0 Å². The van der Waals surface area contributed by atoms with Crippen molar-refractivity contribution < 1.29 is 38.1 Å². The van der Waals surface area contributed by atoms with Gasteiger partial charge >= 0.3 is 18.2 Å². The molecule has 2 saturated heterocycles. The van der Waals surface area contributed by atoms with Gasteiger partial charge in [-0.3, -0.25) is 4.79 Å². The van der Waals surface area contributed by atoms with E-state index >= 15 is 0 Å². The Labute approximate surface area is 261 Å². The van der Waals surface area contributed by atoms with Crippen LogP contribution in [-0.4, -0.2) is 115 Å². The fourth-order valence-corrected chi connectivity index (χ4v) is 5.52. The van der Waals surface area contributed by atoms with Gasteiger partial charge in [-0.1, -0.05) is 45.1 Å². The molecule has 44 heavy (non-hydrogen) atoms. The second-order valence-electron chi connectivity index (χ2n) is 13.1. The maximum absolute atomic E-state index is 13.4. The Morgan fingerprint density at radius 3 is 2.50 bits per heavy atom. The van der Waals surface area contributed by atoms with Crippen molar-refractivity contribution in [1.29, 1.82) is 0 Å². The third-order valence-corrected chi connectivity index (χ3v) is 8.69. The number of nitrogens with zero attached hydrogens (tertiary/aromatic N) is 3. The zero-order chi connectivity index (χ0) is 32.4. The first-order chi connectivity index (χ1) is 20.7. The summed E-state index contributed by atoms with van der Waals surface area (Å²) in [6, 6.07) is 0. The number of aliphatic hydroxyl groups is 1. The molecule has 0 radical (unpaired) electrons. The molecule has 0 aromatic heterocycles. The summed E-state index contributed by atoms with van der Waals surface area (Å²) in [7, 11) is 2.01. The number of likely N-dealkylation sites (tertiary alicyclic amines) is 1. The number of piperazine rings is 1. The van der Waals surface area contributed by atoms with Crippen LogP contribution >= 0.6 is 0 Å². The van der Waals surface area contributed by atoms with Crippen LogP contribution in [0, 0.1) is 17.8 Å². The van der Waals surface area contributed by atoms with Gasteiger partial charge in [0.15, 0.2) is 6.10 Å². The van der Waals surface area contributed by atoms with Crippen LogP contribution in [0.5, 0.6) is 0 Å². The highest BCUT2D eigenvalue weighted by Crippen LogP contribution is 2.29. The van der Waals surface area contributed by atoms with E-state index in [4.69, 9.17) is 14.2 Å². The summed E-state index contributed by atoms with van der Waals surface area (Å²) in [6.07, 6.45) is 7.24. The van der Waals surface area contributed by atoms with Crippen molar-refractivity contribution in [2.45, 2.75) is 84.3 Å². The van der Waals surface area contributed by atoms with Gasteiger partial charge in [0.2, 0.25) is 0 Å². The van der Waals surface area contributed by atoms with Gasteiger partial charge in [0.05, 0.1) is 13.2 Å². The quantitative estimate of drug-likeness (QED) is 0.196. The van der Waals surface area contributed by atoms with E-state index in [1.165, 1.54) is 4.90 Å². The van der Waals surface area contributed by atoms with Crippen molar-refractivity contribution in [2.24, 2.45) is 17.8 Å². The van der Waals surface area contributed by atoms with Crippen LogP contribution in [0.15, 0.2) is 36.0 Å². The highest BCUT2D eigenvalue weighted by molar-refractivity contribution is 5.70. The maximum atomic E-state index is 13.4. The molecule has 3 aliphatic heterocycles. The number of alkyl halides is 1. The lowest BCUT2D eigenvalue weighted by molar-refractivity contribution is -0.150. The number of carbonyl (C=O) groups excluding carboxylic acids is 3.